The molecule has 0 saturated heterocycles. The zero-order chi connectivity index (χ0) is 31.3. The van der Waals surface area contributed by atoms with E-state index >= 15 is 0 Å². The molecule has 4 aromatic carbocycles. The van der Waals surface area contributed by atoms with Crippen LogP contribution in [0.2, 0.25) is 0 Å². The van der Waals surface area contributed by atoms with Crippen LogP contribution in [0.4, 0.5) is 0 Å². The highest BCUT2D eigenvalue weighted by atomic mass is 16.6. The molecule has 0 bridgehead atoms. The Morgan fingerprint density at radius 3 is 1.16 bits per heavy atom. The second-order valence-electron chi connectivity index (χ2n) is 9.34. The first kappa shape index (κ1) is 31.3. The van der Waals surface area contributed by atoms with Gasteiger partial charge in [0.1, 0.15) is 0 Å². The van der Waals surface area contributed by atoms with Gasteiger partial charge in [-0.05, 0) is 48.5 Å². The number of aldehydes is 1. The summed E-state index contributed by atoms with van der Waals surface area (Å²) >= 11 is 0. The fraction of sp³-hybridized carbons (Fsp3) is 0.147. The summed E-state index contributed by atoms with van der Waals surface area (Å²) in [6.07, 6.45) is -7.05. The third-order valence-corrected chi connectivity index (χ3v) is 6.35. The first-order valence-electron chi connectivity index (χ1n) is 13.5. The second-order valence-corrected chi connectivity index (χ2v) is 9.34. The number of benzene rings is 4. The summed E-state index contributed by atoms with van der Waals surface area (Å²) in [4.78, 5) is 65.0. The molecule has 4 aromatic rings. The van der Waals surface area contributed by atoms with Crippen molar-refractivity contribution in [1.29, 1.82) is 0 Å². The topological polar surface area (TPSA) is 143 Å². The molecule has 224 valence electrons. The van der Waals surface area contributed by atoms with Gasteiger partial charge in [-0.25, -0.2) is 19.2 Å². The van der Waals surface area contributed by atoms with Gasteiger partial charge in [0, 0.05) is 0 Å². The summed E-state index contributed by atoms with van der Waals surface area (Å²) in [6, 6.07) is 30.9. The largest absolute Gasteiger partial charge is 0.452 e. The summed E-state index contributed by atoms with van der Waals surface area (Å²) in [6.45, 7) is -0.928. The van der Waals surface area contributed by atoms with Gasteiger partial charge in [-0.1, -0.05) is 72.8 Å². The molecular formula is C34H28O10. The second kappa shape index (κ2) is 15.6. The third-order valence-electron chi connectivity index (χ3n) is 6.35. The molecule has 0 saturated carbocycles. The third kappa shape index (κ3) is 8.24. The molecule has 0 heterocycles. The van der Waals surface area contributed by atoms with Gasteiger partial charge in [0.05, 0.1) is 28.9 Å². The van der Waals surface area contributed by atoms with E-state index < -0.39 is 54.9 Å². The van der Waals surface area contributed by atoms with Crippen LogP contribution in [-0.2, 0) is 23.7 Å². The zero-order valence-corrected chi connectivity index (χ0v) is 23.3. The number of aliphatic hydroxyl groups is 1. The van der Waals surface area contributed by atoms with Crippen LogP contribution in [0.25, 0.3) is 0 Å². The molecule has 0 radical (unpaired) electrons. The number of carbonyl (C=O) groups excluding carboxylic acids is 5. The number of hydrogen-bond acceptors (Lipinski definition) is 10. The van der Waals surface area contributed by atoms with Crippen LogP contribution < -0.4 is 0 Å². The van der Waals surface area contributed by atoms with Crippen LogP contribution in [0.15, 0.2) is 121 Å². The van der Waals surface area contributed by atoms with Gasteiger partial charge in [-0.2, -0.15) is 0 Å². The average molecular weight is 597 g/mol. The van der Waals surface area contributed by atoms with Gasteiger partial charge in [-0.15, -0.1) is 0 Å². The zero-order valence-electron chi connectivity index (χ0n) is 23.3. The van der Waals surface area contributed by atoms with Crippen LogP contribution in [-0.4, -0.2) is 66.3 Å². The summed E-state index contributed by atoms with van der Waals surface area (Å²) in [7, 11) is 0. The molecule has 1 N–H and O–H groups in total. The average Bonchev–Trinajstić information content (AvgIpc) is 3.09. The fourth-order valence-electron chi connectivity index (χ4n) is 4.13. The van der Waals surface area contributed by atoms with E-state index in [0.29, 0.717) is 0 Å². The monoisotopic (exact) mass is 596 g/mol. The van der Waals surface area contributed by atoms with Crippen molar-refractivity contribution in [2.24, 2.45) is 0 Å². The Morgan fingerprint density at radius 2 is 0.818 bits per heavy atom. The van der Waals surface area contributed by atoms with Gasteiger partial charge in [-0.3, -0.25) is 4.79 Å². The van der Waals surface area contributed by atoms with Crippen LogP contribution in [0, 0.1) is 0 Å². The number of carbonyl (C=O) groups is 5. The van der Waals surface area contributed by atoms with E-state index in [2.05, 4.69) is 0 Å². The van der Waals surface area contributed by atoms with Gasteiger partial charge >= 0.3 is 23.9 Å². The lowest BCUT2D eigenvalue weighted by Gasteiger charge is -2.34. The maximum Gasteiger partial charge on any atom is 0.338 e. The minimum atomic E-state index is -1.87. The van der Waals surface area contributed by atoms with E-state index in [0.717, 1.165) is 0 Å². The Hall–Kier alpha value is -5.61. The van der Waals surface area contributed by atoms with Crippen LogP contribution in [0.1, 0.15) is 41.4 Å². The molecule has 44 heavy (non-hydrogen) atoms. The molecule has 10 nitrogen and oxygen atoms in total. The summed E-state index contributed by atoms with van der Waals surface area (Å²) < 4.78 is 22.3. The molecule has 4 rings (SSSR count). The SMILES string of the molecule is O=C[C@@H](OC(=O)c1ccccc1)[C@H](OC(=O)c1ccccc1)[C@H](OC(=O)c1ccccc1)[C@@H](CO)OC(=O)c1ccccc1. The Labute approximate surface area is 252 Å². The molecule has 4 atom stereocenters. The maximum absolute atomic E-state index is 13.3. The predicted molar refractivity (Wildman–Crippen MR) is 156 cm³/mol. The Morgan fingerprint density at radius 1 is 0.500 bits per heavy atom. The van der Waals surface area contributed by atoms with Gasteiger partial charge in [0.2, 0.25) is 0 Å². The van der Waals surface area contributed by atoms with Crippen molar-refractivity contribution in [3.8, 4) is 0 Å². The highest BCUT2D eigenvalue weighted by Gasteiger charge is 2.45. The van der Waals surface area contributed by atoms with Crippen molar-refractivity contribution in [1.82, 2.24) is 0 Å². The van der Waals surface area contributed by atoms with E-state index in [1.54, 1.807) is 72.8 Å². The summed E-state index contributed by atoms with van der Waals surface area (Å²) in [5.74, 6) is -3.77. The molecular weight excluding hydrogens is 568 g/mol. The van der Waals surface area contributed by atoms with Crippen molar-refractivity contribution in [3.63, 3.8) is 0 Å². The maximum atomic E-state index is 13.3. The molecule has 0 aromatic heterocycles. The molecule has 0 unspecified atom stereocenters. The molecule has 0 spiro atoms. The fourth-order valence-corrected chi connectivity index (χ4v) is 4.13. The minimum Gasteiger partial charge on any atom is -0.452 e. The number of ether oxygens (including phenoxy) is 4. The Bertz CT molecular complexity index is 1540. The molecule has 0 aliphatic heterocycles. The number of aliphatic hydroxyl groups excluding tert-OH is 1. The predicted octanol–water partition coefficient (Wildman–Crippen LogP) is 4.08. The van der Waals surface area contributed by atoms with E-state index in [1.807, 2.05) is 0 Å². The summed E-state index contributed by atoms with van der Waals surface area (Å²) in [5.41, 5.74) is 0.325. The molecule has 10 heteroatoms. The van der Waals surface area contributed by atoms with Crippen molar-refractivity contribution in [2.75, 3.05) is 6.61 Å². The lowest BCUT2D eigenvalue weighted by Crippen LogP contribution is -2.53. The van der Waals surface area contributed by atoms with E-state index in [4.69, 9.17) is 18.9 Å². The van der Waals surface area contributed by atoms with Crippen molar-refractivity contribution in [3.05, 3.63) is 144 Å². The van der Waals surface area contributed by atoms with Crippen LogP contribution in [0.5, 0.6) is 0 Å². The first-order chi connectivity index (χ1) is 21.4. The lowest BCUT2D eigenvalue weighted by molar-refractivity contribution is -0.142. The van der Waals surface area contributed by atoms with Crippen LogP contribution in [0.3, 0.4) is 0 Å². The number of hydrogen-bond donors (Lipinski definition) is 1. The van der Waals surface area contributed by atoms with Gasteiger partial charge < -0.3 is 24.1 Å². The van der Waals surface area contributed by atoms with E-state index in [1.165, 1.54) is 48.5 Å². The minimum absolute atomic E-state index is 0.0616. The highest BCUT2D eigenvalue weighted by Crippen LogP contribution is 2.23. The first-order valence-corrected chi connectivity index (χ1v) is 13.5. The normalized spacial score (nSPS) is 13.3. The van der Waals surface area contributed by atoms with Crippen LogP contribution >= 0.6 is 0 Å². The quantitative estimate of drug-likeness (QED) is 0.136. The van der Waals surface area contributed by atoms with Gasteiger partial charge in [0.25, 0.3) is 0 Å². The van der Waals surface area contributed by atoms with E-state index in [-0.39, 0.29) is 28.5 Å². The number of rotatable bonds is 13. The van der Waals surface area contributed by atoms with E-state index in [9.17, 15) is 29.1 Å². The molecule has 0 aliphatic rings. The lowest BCUT2D eigenvalue weighted by atomic mass is 10.0. The highest BCUT2D eigenvalue weighted by molar-refractivity contribution is 5.92. The van der Waals surface area contributed by atoms with Crippen molar-refractivity contribution in [2.45, 2.75) is 24.4 Å². The Kier molecular flexibility index (Phi) is 11.1. The van der Waals surface area contributed by atoms with Gasteiger partial charge in [0.15, 0.2) is 30.7 Å². The molecule has 0 aliphatic carbocycles. The Balaban J connectivity index is 1.75. The summed E-state index contributed by atoms with van der Waals surface area (Å²) in [5, 5.41) is 10.4. The molecule has 0 fully saturated rings. The van der Waals surface area contributed by atoms with Crippen molar-refractivity contribution < 1.29 is 48.0 Å². The standard InChI is InChI=1S/C34H28O10/c35-21-27(41-31(37)23-13-5-1-6-14-23)29(43-33(39)25-17-9-3-10-18-25)30(44-34(40)26-19-11-4-12-20-26)28(22-36)42-32(38)24-15-7-2-8-16-24/h1-21,27-30,36H,22H2/t27-,28-,29+,30-/m1/s1. The smallest absolute Gasteiger partial charge is 0.338 e. The number of esters is 4. The van der Waals surface area contributed by atoms with Crippen molar-refractivity contribution >= 4 is 30.2 Å². The molecule has 0 amide bonds.